The Morgan fingerprint density at radius 3 is 2.88 bits per heavy atom. The summed E-state index contributed by atoms with van der Waals surface area (Å²) in [6.45, 7) is 3.97. The molecule has 2 heterocycles. The van der Waals surface area contributed by atoms with Gasteiger partial charge in [-0.25, -0.2) is 4.98 Å². The van der Waals surface area contributed by atoms with Crippen LogP contribution < -0.4 is 0 Å². The molecule has 0 radical (unpaired) electrons. The maximum Gasteiger partial charge on any atom is 0.155 e. The van der Waals surface area contributed by atoms with Crippen LogP contribution >= 0.6 is 0 Å². The average Bonchev–Trinajstić information content (AvgIpc) is 2.80. The monoisotopic (exact) mass is 218 g/mol. The minimum atomic E-state index is 0.578. The van der Waals surface area contributed by atoms with Gasteiger partial charge in [-0.3, -0.25) is 14.0 Å². The summed E-state index contributed by atoms with van der Waals surface area (Å²) in [5.74, 6) is 1.71. The maximum atomic E-state index is 10.9. The first kappa shape index (κ1) is 10.6. The number of nitrogens with zero attached hydrogens (tertiary/aromatic N) is 4. The molecular formula is C11H14N4O. The highest BCUT2D eigenvalue weighted by Gasteiger charge is 2.13. The number of hydrogen-bond acceptors (Lipinski definition) is 3. The fourth-order valence-corrected chi connectivity index (χ4v) is 1.81. The van der Waals surface area contributed by atoms with E-state index in [2.05, 4.69) is 10.1 Å². The Labute approximate surface area is 93.7 Å². The van der Waals surface area contributed by atoms with Crippen LogP contribution in [0.4, 0.5) is 0 Å². The maximum absolute atomic E-state index is 10.9. The molecule has 2 aromatic heterocycles. The van der Waals surface area contributed by atoms with E-state index in [9.17, 15) is 4.79 Å². The molecule has 0 aromatic carbocycles. The third-order valence-corrected chi connectivity index (χ3v) is 2.51. The molecule has 84 valence electrons. The van der Waals surface area contributed by atoms with Crippen molar-refractivity contribution in [3.05, 3.63) is 29.5 Å². The van der Waals surface area contributed by atoms with E-state index >= 15 is 0 Å². The molecule has 0 fully saturated rings. The molecule has 0 atom stereocenters. The summed E-state index contributed by atoms with van der Waals surface area (Å²) in [4.78, 5) is 15.3. The van der Waals surface area contributed by atoms with Crippen LogP contribution in [0.5, 0.6) is 0 Å². The molecule has 0 aliphatic rings. The second-order valence-electron chi connectivity index (χ2n) is 3.69. The van der Waals surface area contributed by atoms with Crippen LogP contribution in [0, 0.1) is 6.92 Å². The van der Waals surface area contributed by atoms with Crippen molar-refractivity contribution in [2.24, 2.45) is 7.05 Å². The van der Waals surface area contributed by atoms with Crippen molar-refractivity contribution in [1.82, 2.24) is 19.3 Å². The standard InChI is InChI=1S/C11H14N4O/c1-4-10-13-8(2)6-15(10)11-9(7-16)5-12-14(11)3/h5-7H,4H2,1-3H3. The molecule has 0 aliphatic heterocycles. The van der Waals surface area contributed by atoms with Crippen molar-refractivity contribution in [1.29, 1.82) is 0 Å². The summed E-state index contributed by atoms with van der Waals surface area (Å²) >= 11 is 0. The van der Waals surface area contributed by atoms with Crippen molar-refractivity contribution < 1.29 is 4.79 Å². The molecule has 0 N–H and O–H groups in total. The zero-order chi connectivity index (χ0) is 11.7. The Kier molecular flexibility index (Phi) is 2.60. The smallest absolute Gasteiger partial charge is 0.155 e. The van der Waals surface area contributed by atoms with Crippen molar-refractivity contribution in [2.75, 3.05) is 0 Å². The van der Waals surface area contributed by atoms with Gasteiger partial charge in [-0.2, -0.15) is 5.10 Å². The number of aryl methyl sites for hydroxylation is 3. The van der Waals surface area contributed by atoms with Gasteiger partial charge in [-0.05, 0) is 6.92 Å². The predicted octanol–water partition coefficient (Wildman–Crippen LogP) is 1.29. The number of aromatic nitrogens is 4. The van der Waals surface area contributed by atoms with E-state index in [0.717, 1.165) is 30.0 Å². The van der Waals surface area contributed by atoms with Crippen LogP contribution in [-0.4, -0.2) is 25.6 Å². The minimum Gasteiger partial charge on any atom is -0.298 e. The molecule has 0 spiro atoms. The largest absolute Gasteiger partial charge is 0.298 e. The van der Waals surface area contributed by atoms with E-state index in [1.165, 1.54) is 0 Å². The van der Waals surface area contributed by atoms with Gasteiger partial charge in [0.15, 0.2) is 6.29 Å². The summed E-state index contributed by atoms with van der Waals surface area (Å²) < 4.78 is 3.61. The van der Waals surface area contributed by atoms with Crippen LogP contribution in [0.15, 0.2) is 12.4 Å². The molecule has 0 saturated heterocycles. The number of carbonyl (C=O) groups excluding carboxylic acids is 1. The number of imidazole rings is 1. The van der Waals surface area contributed by atoms with Gasteiger partial charge in [0.05, 0.1) is 17.5 Å². The van der Waals surface area contributed by atoms with E-state index in [1.807, 2.05) is 31.7 Å². The molecule has 0 aliphatic carbocycles. The lowest BCUT2D eigenvalue weighted by Crippen LogP contribution is -2.07. The van der Waals surface area contributed by atoms with Crippen molar-refractivity contribution in [2.45, 2.75) is 20.3 Å². The van der Waals surface area contributed by atoms with Gasteiger partial charge in [0.1, 0.15) is 11.6 Å². The van der Waals surface area contributed by atoms with E-state index in [-0.39, 0.29) is 0 Å². The summed E-state index contributed by atoms with van der Waals surface area (Å²) in [6.07, 6.45) is 5.12. The summed E-state index contributed by atoms with van der Waals surface area (Å²) in [5.41, 5.74) is 1.52. The lowest BCUT2D eigenvalue weighted by molar-refractivity contribution is 0.112. The number of rotatable bonds is 3. The summed E-state index contributed by atoms with van der Waals surface area (Å²) in [6, 6.07) is 0. The van der Waals surface area contributed by atoms with E-state index in [0.29, 0.717) is 5.56 Å². The molecule has 2 aromatic rings. The van der Waals surface area contributed by atoms with Gasteiger partial charge < -0.3 is 0 Å². The topological polar surface area (TPSA) is 52.7 Å². The summed E-state index contributed by atoms with van der Waals surface area (Å²) in [7, 11) is 1.82. The highest BCUT2D eigenvalue weighted by Crippen LogP contribution is 2.15. The van der Waals surface area contributed by atoms with Crippen LogP contribution in [-0.2, 0) is 13.5 Å². The SMILES string of the molecule is CCc1nc(C)cn1-c1c(C=O)cnn1C. The van der Waals surface area contributed by atoms with Gasteiger partial charge in [0.25, 0.3) is 0 Å². The van der Waals surface area contributed by atoms with E-state index in [1.54, 1.807) is 10.9 Å². The van der Waals surface area contributed by atoms with Crippen molar-refractivity contribution in [3.8, 4) is 5.82 Å². The first-order chi connectivity index (χ1) is 7.67. The molecule has 2 rings (SSSR count). The lowest BCUT2D eigenvalue weighted by Gasteiger charge is -2.07. The third kappa shape index (κ3) is 1.54. The van der Waals surface area contributed by atoms with Gasteiger partial charge in [0, 0.05) is 19.7 Å². The van der Waals surface area contributed by atoms with Crippen LogP contribution in [0.1, 0.15) is 28.8 Å². The Morgan fingerprint density at radius 2 is 2.25 bits per heavy atom. The highest BCUT2D eigenvalue weighted by atomic mass is 16.1. The Balaban J connectivity index is 2.65. The van der Waals surface area contributed by atoms with E-state index < -0.39 is 0 Å². The Morgan fingerprint density at radius 1 is 1.50 bits per heavy atom. The van der Waals surface area contributed by atoms with Crippen molar-refractivity contribution >= 4 is 6.29 Å². The fourth-order valence-electron chi connectivity index (χ4n) is 1.81. The first-order valence-corrected chi connectivity index (χ1v) is 5.19. The van der Waals surface area contributed by atoms with Crippen molar-refractivity contribution in [3.63, 3.8) is 0 Å². The Bertz CT molecular complexity index is 524. The second kappa shape index (κ2) is 3.92. The van der Waals surface area contributed by atoms with Gasteiger partial charge >= 0.3 is 0 Å². The highest BCUT2D eigenvalue weighted by molar-refractivity contribution is 5.79. The van der Waals surface area contributed by atoms with Crippen LogP contribution in [0.25, 0.3) is 5.82 Å². The number of aldehydes is 1. The molecule has 0 saturated carbocycles. The molecule has 0 bridgehead atoms. The van der Waals surface area contributed by atoms with Gasteiger partial charge in [-0.15, -0.1) is 0 Å². The second-order valence-corrected chi connectivity index (χ2v) is 3.69. The molecule has 0 unspecified atom stereocenters. The summed E-state index contributed by atoms with van der Waals surface area (Å²) in [5, 5.41) is 4.09. The Hall–Kier alpha value is -1.91. The predicted molar refractivity (Wildman–Crippen MR) is 59.8 cm³/mol. The quantitative estimate of drug-likeness (QED) is 0.729. The van der Waals surface area contributed by atoms with Crippen LogP contribution in [0.2, 0.25) is 0 Å². The third-order valence-electron chi connectivity index (χ3n) is 2.51. The number of hydrogen-bond donors (Lipinski definition) is 0. The van der Waals surface area contributed by atoms with E-state index in [4.69, 9.17) is 0 Å². The molecular weight excluding hydrogens is 204 g/mol. The molecule has 5 nitrogen and oxygen atoms in total. The zero-order valence-corrected chi connectivity index (χ0v) is 9.64. The molecule has 5 heteroatoms. The van der Waals surface area contributed by atoms with Gasteiger partial charge in [-0.1, -0.05) is 6.92 Å². The lowest BCUT2D eigenvalue weighted by atomic mass is 10.3. The van der Waals surface area contributed by atoms with Gasteiger partial charge in [0.2, 0.25) is 0 Å². The zero-order valence-electron chi connectivity index (χ0n) is 9.64. The fraction of sp³-hybridized carbons (Fsp3) is 0.364. The average molecular weight is 218 g/mol. The normalized spacial score (nSPS) is 10.7. The van der Waals surface area contributed by atoms with Crippen LogP contribution in [0.3, 0.4) is 0 Å². The first-order valence-electron chi connectivity index (χ1n) is 5.19. The minimum absolute atomic E-state index is 0.578. The molecule has 0 amide bonds. The number of carbonyl (C=O) groups is 1. The molecule has 16 heavy (non-hydrogen) atoms.